The first-order valence-corrected chi connectivity index (χ1v) is 11.3. The van der Waals surface area contributed by atoms with E-state index in [4.69, 9.17) is 34.0 Å². The van der Waals surface area contributed by atoms with Crippen molar-refractivity contribution in [3.05, 3.63) is 63.2 Å². The lowest BCUT2D eigenvalue weighted by molar-refractivity contribution is 0.0950. The van der Waals surface area contributed by atoms with E-state index >= 15 is 0 Å². The molecule has 1 aliphatic carbocycles. The summed E-state index contributed by atoms with van der Waals surface area (Å²) in [4.78, 5) is 25.8. The van der Waals surface area contributed by atoms with Crippen molar-refractivity contribution in [3.63, 3.8) is 0 Å². The summed E-state index contributed by atoms with van der Waals surface area (Å²) in [7, 11) is 0. The predicted octanol–water partition coefficient (Wildman–Crippen LogP) is 5.01. The maximum Gasteiger partial charge on any atom is 0.293 e. The van der Waals surface area contributed by atoms with Gasteiger partial charge in [0, 0.05) is 15.5 Å². The predicted molar refractivity (Wildman–Crippen MR) is 127 cm³/mol. The molecule has 0 saturated heterocycles. The van der Waals surface area contributed by atoms with Crippen LogP contribution in [0.25, 0.3) is 11.3 Å². The number of furan rings is 1. The molecular formula is C22H20ClN3O3S2. The topological polar surface area (TPSA) is 97.4 Å². The second kappa shape index (κ2) is 8.82. The minimum absolute atomic E-state index is 0.0693. The molecule has 31 heavy (non-hydrogen) atoms. The van der Waals surface area contributed by atoms with Gasteiger partial charge >= 0.3 is 0 Å². The molecule has 1 atom stereocenters. The number of thiocarbonyl (C=S) groups is 1. The van der Waals surface area contributed by atoms with Gasteiger partial charge in [0.2, 0.25) is 0 Å². The molecule has 2 aromatic heterocycles. The number of fused-ring (bicyclic) bond motifs is 1. The van der Waals surface area contributed by atoms with Crippen LogP contribution in [-0.2, 0) is 12.8 Å². The summed E-state index contributed by atoms with van der Waals surface area (Å²) in [6.45, 7) is 2.19. The molecular weight excluding hydrogens is 454 g/mol. The smallest absolute Gasteiger partial charge is 0.293 e. The minimum Gasteiger partial charge on any atom is -0.451 e. The number of halogens is 1. The summed E-state index contributed by atoms with van der Waals surface area (Å²) in [5.41, 5.74) is 7.84. The molecule has 3 aromatic rings. The van der Waals surface area contributed by atoms with Crippen LogP contribution in [-0.4, -0.2) is 16.9 Å². The number of nitrogens with two attached hydrogens (primary N) is 1. The van der Waals surface area contributed by atoms with Crippen molar-refractivity contribution in [2.45, 2.75) is 26.2 Å². The van der Waals surface area contributed by atoms with Crippen molar-refractivity contribution in [3.8, 4) is 11.3 Å². The van der Waals surface area contributed by atoms with Crippen molar-refractivity contribution in [2.24, 2.45) is 11.7 Å². The van der Waals surface area contributed by atoms with Crippen LogP contribution in [0.4, 0.5) is 5.00 Å². The summed E-state index contributed by atoms with van der Waals surface area (Å²) in [5.74, 6) is 0.178. The molecule has 0 bridgehead atoms. The van der Waals surface area contributed by atoms with E-state index in [1.165, 1.54) is 11.3 Å². The van der Waals surface area contributed by atoms with Crippen LogP contribution in [0.1, 0.15) is 44.7 Å². The van der Waals surface area contributed by atoms with Gasteiger partial charge in [-0.05, 0) is 67.2 Å². The molecule has 0 fully saturated rings. The molecule has 4 N–H and O–H groups in total. The fraction of sp³-hybridized carbons (Fsp3) is 0.227. The standard InChI is InChI=1S/C22H20ClN3O3S2/c1-11-5-6-14-17(9-11)31-21(18(14)19(24)27)26-22(30)25-20(28)16-8-7-15(29-16)12-3-2-4-13(23)10-12/h2-4,7-8,10-11H,5-6,9H2,1H3,(H2,24,27)(H2,25,26,28,30). The van der Waals surface area contributed by atoms with Crippen molar-refractivity contribution >= 4 is 57.1 Å². The van der Waals surface area contributed by atoms with Crippen molar-refractivity contribution in [2.75, 3.05) is 5.32 Å². The SMILES string of the molecule is CC1CCc2c(sc(NC(=S)NC(=O)c3ccc(-c4cccc(Cl)c4)o3)c2C(N)=O)C1. The van der Waals surface area contributed by atoms with E-state index in [1.54, 1.807) is 30.3 Å². The van der Waals surface area contributed by atoms with Gasteiger partial charge in [0.25, 0.3) is 11.8 Å². The van der Waals surface area contributed by atoms with E-state index in [-0.39, 0.29) is 10.9 Å². The molecule has 1 aromatic carbocycles. The normalized spacial score (nSPS) is 15.2. The van der Waals surface area contributed by atoms with Gasteiger partial charge in [-0.1, -0.05) is 30.7 Å². The molecule has 1 aliphatic rings. The van der Waals surface area contributed by atoms with Gasteiger partial charge < -0.3 is 15.5 Å². The number of rotatable bonds is 4. The van der Waals surface area contributed by atoms with E-state index < -0.39 is 11.8 Å². The Kier molecular flexibility index (Phi) is 6.13. The Morgan fingerprint density at radius 3 is 2.84 bits per heavy atom. The number of primary amides is 1. The first-order chi connectivity index (χ1) is 14.8. The molecule has 0 radical (unpaired) electrons. The summed E-state index contributed by atoms with van der Waals surface area (Å²) in [5, 5.41) is 6.77. The summed E-state index contributed by atoms with van der Waals surface area (Å²) < 4.78 is 5.65. The third-order valence-electron chi connectivity index (χ3n) is 5.15. The Morgan fingerprint density at radius 2 is 2.10 bits per heavy atom. The van der Waals surface area contributed by atoms with E-state index in [0.29, 0.717) is 27.3 Å². The van der Waals surface area contributed by atoms with Crippen LogP contribution in [0, 0.1) is 5.92 Å². The van der Waals surface area contributed by atoms with Crippen LogP contribution < -0.4 is 16.4 Å². The summed E-state index contributed by atoms with van der Waals surface area (Å²) in [6.07, 6.45) is 2.72. The van der Waals surface area contributed by atoms with E-state index in [9.17, 15) is 9.59 Å². The van der Waals surface area contributed by atoms with Crippen LogP contribution in [0.3, 0.4) is 0 Å². The fourth-order valence-electron chi connectivity index (χ4n) is 3.66. The molecule has 2 heterocycles. The van der Waals surface area contributed by atoms with Gasteiger partial charge in [-0.2, -0.15) is 0 Å². The van der Waals surface area contributed by atoms with Crippen LogP contribution >= 0.6 is 35.2 Å². The number of nitrogens with one attached hydrogen (secondary N) is 2. The number of hydrogen-bond donors (Lipinski definition) is 3. The first kappa shape index (κ1) is 21.5. The monoisotopic (exact) mass is 473 g/mol. The fourth-order valence-corrected chi connectivity index (χ4v) is 5.53. The molecule has 9 heteroatoms. The van der Waals surface area contributed by atoms with Crippen LogP contribution in [0.15, 0.2) is 40.8 Å². The first-order valence-electron chi connectivity index (χ1n) is 9.74. The zero-order chi connectivity index (χ0) is 22.1. The van der Waals surface area contributed by atoms with E-state index in [0.717, 1.165) is 35.3 Å². The molecule has 0 aliphatic heterocycles. The number of thiophene rings is 1. The Labute approximate surface area is 193 Å². The van der Waals surface area contributed by atoms with Gasteiger partial charge in [0.05, 0.1) is 5.56 Å². The average molecular weight is 474 g/mol. The van der Waals surface area contributed by atoms with Gasteiger partial charge in [0.1, 0.15) is 10.8 Å². The van der Waals surface area contributed by atoms with Gasteiger partial charge in [-0.3, -0.25) is 14.9 Å². The lowest BCUT2D eigenvalue weighted by Crippen LogP contribution is -2.34. The average Bonchev–Trinajstić information content (AvgIpc) is 3.32. The van der Waals surface area contributed by atoms with Crippen LogP contribution in [0.5, 0.6) is 0 Å². The molecule has 160 valence electrons. The quantitative estimate of drug-likeness (QED) is 0.462. The maximum absolute atomic E-state index is 12.6. The molecule has 1 unspecified atom stereocenters. The largest absolute Gasteiger partial charge is 0.451 e. The second-order valence-corrected chi connectivity index (χ2v) is 9.45. The highest BCUT2D eigenvalue weighted by Gasteiger charge is 2.27. The third kappa shape index (κ3) is 4.66. The highest BCUT2D eigenvalue weighted by Crippen LogP contribution is 2.39. The van der Waals surface area contributed by atoms with E-state index in [2.05, 4.69) is 17.6 Å². The van der Waals surface area contributed by atoms with Gasteiger partial charge in [-0.25, -0.2) is 0 Å². The third-order valence-corrected chi connectivity index (χ3v) is 6.76. The highest BCUT2D eigenvalue weighted by atomic mass is 35.5. The van der Waals surface area contributed by atoms with Gasteiger partial charge in [0.15, 0.2) is 10.9 Å². The maximum atomic E-state index is 12.6. The molecule has 6 nitrogen and oxygen atoms in total. The Bertz CT molecular complexity index is 1180. The van der Waals surface area contributed by atoms with Crippen molar-refractivity contribution in [1.82, 2.24) is 5.32 Å². The number of hydrogen-bond acceptors (Lipinski definition) is 5. The number of anilines is 1. The second-order valence-electron chi connectivity index (χ2n) is 7.50. The molecule has 2 amide bonds. The van der Waals surface area contributed by atoms with E-state index in [1.807, 2.05) is 6.07 Å². The summed E-state index contributed by atoms with van der Waals surface area (Å²) in [6, 6.07) is 10.4. The highest BCUT2D eigenvalue weighted by molar-refractivity contribution is 7.80. The van der Waals surface area contributed by atoms with Gasteiger partial charge in [-0.15, -0.1) is 11.3 Å². The lowest BCUT2D eigenvalue weighted by Gasteiger charge is -2.18. The lowest BCUT2D eigenvalue weighted by atomic mass is 9.88. The number of amides is 2. The zero-order valence-electron chi connectivity index (χ0n) is 16.7. The molecule has 0 saturated carbocycles. The van der Waals surface area contributed by atoms with Crippen molar-refractivity contribution in [1.29, 1.82) is 0 Å². The minimum atomic E-state index is -0.499. The van der Waals surface area contributed by atoms with Crippen LogP contribution in [0.2, 0.25) is 5.02 Å². The molecule has 0 spiro atoms. The Balaban J connectivity index is 1.47. The Hall–Kier alpha value is -2.68. The van der Waals surface area contributed by atoms with Crippen molar-refractivity contribution < 1.29 is 14.0 Å². The number of carbonyl (C=O) groups excluding carboxylic acids is 2. The molecule has 4 rings (SSSR count). The number of carbonyl (C=O) groups is 2. The summed E-state index contributed by atoms with van der Waals surface area (Å²) >= 11 is 12.8. The zero-order valence-corrected chi connectivity index (χ0v) is 19.0. The number of benzene rings is 1. The Morgan fingerprint density at radius 1 is 1.29 bits per heavy atom.